The zero-order valence-electron chi connectivity index (χ0n) is 22.1. The number of carbonyl (C=O) groups is 1. The van der Waals surface area contributed by atoms with Crippen LogP contribution in [0.2, 0.25) is 0 Å². The van der Waals surface area contributed by atoms with Crippen molar-refractivity contribution in [3.63, 3.8) is 0 Å². The van der Waals surface area contributed by atoms with Crippen molar-refractivity contribution < 1.29 is 19.4 Å². The molecule has 5 rings (SSSR count). The van der Waals surface area contributed by atoms with Crippen LogP contribution in [0.4, 0.5) is 5.69 Å². The number of hydrogen-bond acceptors (Lipinski definition) is 5. The van der Waals surface area contributed by atoms with Crippen LogP contribution in [-0.4, -0.2) is 48.3 Å². The number of ether oxygens (including phenoxy) is 2. The number of anilines is 1. The van der Waals surface area contributed by atoms with Crippen molar-refractivity contribution in [1.82, 2.24) is 4.90 Å². The van der Waals surface area contributed by atoms with E-state index in [4.69, 9.17) is 9.47 Å². The van der Waals surface area contributed by atoms with Crippen LogP contribution in [0.15, 0.2) is 36.4 Å². The predicted octanol–water partition coefficient (Wildman–Crippen LogP) is 5.04. The van der Waals surface area contributed by atoms with Gasteiger partial charge in [0.15, 0.2) is 11.5 Å². The van der Waals surface area contributed by atoms with Crippen LogP contribution in [0.5, 0.6) is 11.5 Å². The van der Waals surface area contributed by atoms with E-state index >= 15 is 0 Å². The van der Waals surface area contributed by atoms with E-state index in [2.05, 4.69) is 4.90 Å². The van der Waals surface area contributed by atoms with Gasteiger partial charge >= 0.3 is 0 Å². The first-order valence-electron chi connectivity index (χ1n) is 13.5. The number of methoxy groups -OCH3 is 1. The minimum Gasteiger partial charge on any atom is -0.493 e. The van der Waals surface area contributed by atoms with Crippen LogP contribution in [0.3, 0.4) is 0 Å². The summed E-state index contributed by atoms with van der Waals surface area (Å²) in [5, 5.41) is 11.5. The number of likely N-dealkylation sites (tertiary alicyclic amines) is 1. The zero-order chi connectivity index (χ0) is 25.4. The first-order valence-corrected chi connectivity index (χ1v) is 13.5. The second-order valence-corrected chi connectivity index (χ2v) is 11.2. The Morgan fingerprint density at radius 3 is 2.25 bits per heavy atom. The monoisotopic (exact) mass is 492 g/mol. The summed E-state index contributed by atoms with van der Waals surface area (Å²) in [6.45, 7) is 8.59. The molecular formula is C30H40N2O4. The van der Waals surface area contributed by atoms with Gasteiger partial charge in [0.1, 0.15) is 0 Å². The topological polar surface area (TPSA) is 62.2 Å². The molecule has 2 aromatic rings. The Labute approximate surface area is 215 Å². The van der Waals surface area contributed by atoms with E-state index in [1.165, 1.54) is 19.3 Å². The third-order valence-electron chi connectivity index (χ3n) is 8.50. The number of amides is 1. The van der Waals surface area contributed by atoms with E-state index in [-0.39, 0.29) is 17.9 Å². The molecule has 0 spiro atoms. The Bertz CT molecular complexity index is 1080. The minimum atomic E-state index is -0.873. The molecule has 0 radical (unpaired) electrons. The molecule has 2 aromatic carbocycles. The molecule has 6 heteroatoms. The lowest BCUT2D eigenvalue weighted by Crippen LogP contribution is -2.48. The molecule has 1 unspecified atom stereocenters. The largest absolute Gasteiger partial charge is 0.493 e. The van der Waals surface area contributed by atoms with Crippen molar-refractivity contribution in [2.45, 2.75) is 83.6 Å². The molecule has 1 aliphatic carbocycles. The van der Waals surface area contributed by atoms with E-state index in [1.807, 2.05) is 62.1 Å². The van der Waals surface area contributed by atoms with Crippen LogP contribution in [0, 0.1) is 5.92 Å². The van der Waals surface area contributed by atoms with Crippen molar-refractivity contribution in [2.24, 2.45) is 5.92 Å². The molecule has 194 valence electrons. The first kappa shape index (κ1) is 25.1. The van der Waals surface area contributed by atoms with Crippen molar-refractivity contribution in [3.8, 4) is 11.5 Å². The summed E-state index contributed by atoms with van der Waals surface area (Å²) < 4.78 is 11.5. The lowest BCUT2D eigenvalue weighted by atomic mass is 9.76. The number of benzene rings is 2. The fourth-order valence-electron chi connectivity index (χ4n) is 6.01. The van der Waals surface area contributed by atoms with Gasteiger partial charge in [0.05, 0.1) is 31.8 Å². The molecule has 36 heavy (non-hydrogen) atoms. The fourth-order valence-corrected chi connectivity index (χ4v) is 6.01. The van der Waals surface area contributed by atoms with Gasteiger partial charge in [-0.05, 0) is 106 Å². The number of carbonyl (C=O) groups excluding carboxylic acids is 1. The van der Waals surface area contributed by atoms with Gasteiger partial charge in [-0.2, -0.15) is 0 Å². The highest BCUT2D eigenvalue weighted by molar-refractivity contribution is 5.96. The molecule has 1 N–H and O–H groups in total. The maximum absolute atomic E-state index is 13.1. The van der Waals surface area contributed by atoms with E-state index < -0.39 is 5.60 Å². The molecule has 0 bridgehead atoms. The minimum absolute atomic E-state index is 0.0315. The quantitative estimate of drug-likeness (QED) is 0.587. The van der Waals surface area contributed by atoms with Gasteiger partial charge in [0.2, 0.25) is 5.91 Å². The highest BCUT2D eigenvalue weighted by Gasteiger charge is 2.38. The maximum atomic E-state index is 13.1. The van der Waals surface area contributed by atoms with Crippen LogP contribution >= 0.6 is 0 Å². The van der Waals surface area contributed by atoms with Crippen LogP contribution in [0.1, 0.15) is 69.6 Å². The van der Waals surface area contributed by atoms with Crippen molar-refractivity contribution in [1.29, 1.82) is 0 Å². The summed E-state index contributed by atoms with van der Waals surface area (Å²) in [5.41, 5.74) is 2.96. The van der Waals surface area contributed by atoms with E-state index in [9.17, 15) is 9.90 Å². The molecule has 1 saturated heterocycles. The molecule has 6 nitrogen and oxygen atoms in total. The number of nitrogens with zero attached hydrogens (tertiary/aromatic N) is 2. The fraction of sp³-hybridized carbons (Fsp3) is 0.567. The van der Waals surface area contributed by atoms with Crippen LogP contribution in [0.25, 0.3) is 0 Å². The maximum Gasteiger partial charge on any atom is 0.231 e. The van der Waals surface area contributed by atoms with Crippen LogP contribution < -0.4 is 14.4 Å². The second-order valence-electron chi connectivity index (χ2n) is 11.2. The highest BCUT2D eigenvalue weighted by Crippen LogP contribution is 2.40. The summed E-state index contributed by atoms with van der Waals surface area (Å²) in [7, 11) is 1.63. The molecule has 0 aromatic heterocycles. The Morgan fingerprint density at radius 1 is 1.00 bits per heavy atom. The summed E-state index contributed by atoms with van der Waals surface area (Å²) in [5.74, 6) is 1.67. The van der Waals surface area contributed by atoms with Gasteiger partial charge in [0, 0.05) is 11.7 Å². The van der Waals surface area contributed by atoms with Gasteiger partial charge in [-0.3, -0.25) is 4.79 Å². The first-order chi connectivity index (χ1) is 17.3. The Kier molecular flexibility index (Phi) is 7.01. The van der Waals surface area contributed by atoms with Gasteiger partial charge < -0.3 is 24.4 Å². The predicted molar refractivity (Wildman–Crippen MR) is 142 cm³/mol. The molecule has 2 aliphatic heterocycles. The summed E-state index contributed by atoms with van der Waals surface area (Å²) in [6.07, 6.45) is 6.44. The Morgan fingerprint density at radius 2 is 1.67 bits per heavy atom. The number of fused-ring (bicyclic) bond motifs is 1. The molecule has 1 amide bonds. The Hall–Kier alpha value is -2.57. The third kappa shape index (κ3) is 4.85. The number of aliphatic hydroxyl groups is 1. The smallest absolute Gasteiger partial charge is 0.231 e. The van der Waals surface area contributed by atoms with E-state index in [1.54, 1.807) is 7.11 Å². The van der Waals surface area contributed by atoms with Gasteiger partial charge in [-0.1, -0.05) is 18.6 Å². The highest BCUT2D eigenvalue weighted by atomic mass is 16.5. The van der Waals surface area contributed by atoms with Crippen LogP contribution in [-0.2, 0) is 23.4 Å². The van der Waals surface area contributed by atoms with Crippen molar-refractivity contribution in [2.75, 3.05) is 25.1 Å². The van der Waals surface area contributed by atoms with Gasteiger partial charge in [-0.25, -0.2) is 0 Å². The molecule has 2 heterocycles. The van der Waals surface area contributed by atoms with Gasteiger partial charge in [-0.15, -0.1) is 0 Å². The summed E-state index contributed by atoms with van der Waals surface area (Å²) >= 11 is 0. The zero-order valence-corrected chi connectivity index (χ0v) is 22.1. The van der Waals surface area contributed by atoms with Gasteiger partial charge in [0.25, 0.3) is 0 Å². The molecule has 3 aliphatic rings. The SMILES string of the molecule is COc1cc2c(cc1OC(C)C)CN(c1ccc(C(C)(O)C3CCN(C4CCC4)CC3)cc1)C(=O)C2. The number of rotatable bonds is 7. The van der Waals surface area contributed by atoms with E-state index in [0.717, 1.165) is 54.4 Å². The summed E-state index contributed by atoms with van der Waals surface area (Å²) in [4.78, 5) is 17.5. The second kappa shape index (κ2) is 10.1. The average molecular weight is 493 g/mol. The third-order valence-corrected chi connectivity index (χ3v) is 8.50. The van der Waals surface area contributed by atoms with Crippen molar-refractivity contribution >= 4 is 11.6 Å². The number of piperidine rings is 1. The standard InChI is InChI=1S/C30H40N2O4/c1-20(2)36-28-17-22-19-32(29(33)18-21(22)16-27(28)35-4)26-10-8-23(9-11-26)30(3,34)24-12-14-31(15-13-24)25-6-5-7-25/h8-11,16-17,20,24-25,34H,5-7,12-15,18-19H2,1-4H3. The lowest BCUT2D eigenvalue weighted by molar-refractivity contribution is -0.118. The van der Waals surface area contributed by atoms with Crippen molar-refractivity contribution in [3.05, 3.63) is 53.1 Å². The molecule has 2 fully saturated rings. The normalized spacial score (nSPS) is 21.2. The molecular weight excluding hydrogens is 452 g/mol. The van der Waals surface area contributed by atoms with E-state index in [0.29, 0.717) is 24.5 Å². The lowest BCUT2D eigenvalue weighted by Gasteiger charge is -2.45. The molecule has 1 saturated carbocycles. The number of hydrogen-bond donors (Lipinski definition) is 1. The average Bonchev–Trinajstić information content (AvgIpc) is 2.82. The summed E-state index contributed by atoms with van der Waals surface area (Å²) in [6, 6.07) is 12.7. The molecule has 1 atom stereocenters. The Balaban J connectivity index is 1.30.